The zero-order valence-corrected chi connectivity index (χ0v) is 14.4. The Morgan fingerprint density at radius 3 is 3.30 bits per heavy atom. The van der Waals surface area contributed by atoms with Gasteiger partial charge in [0.25, 0.3) is 11.1 Å². The summed E-state index contributed by atoms with van der Waals surface area (Å²) in [4.78, 5) is 13.9. The Balaban J connectivity index is 1.63. The molecule has 5 nitrogen and oxygen atoms in total. The molecule has 0 radical (unpaired) electrons. The van der Waals surface area contributed by atoms with E-state index in [-0.39, 0.29) is 18.2 Å². The summed E-state index contributed by atoms with van der Waals surface area (Å²) in [5, 5.41) is 11.1. The van der Waals surface area contributed by atoms with Crippen LogP contribution in [0.3, 0.4) is 0 Å². The van der Waals surface area contributed by atoms with Gasteiger partial charge in [-0.15, -0.1) is 28.0 Å². The number of carbonyl (C=O) groups is 1. The topological polar surface area (TPSA) is 68.0 Å². The lowest BCUT2D eigenvalue weighted by atomic mass is 9.90. The number of nitrogens with zero attached hydrogens (tertiary/aromatic N) is 2. The van der Waals surface area contributed by atoms with Crippen LogP contribution in [0.25, 0.3) is 10.8 Å². The van der Waals surface area contributed by atoms with E-state index in [0.717, 1.165) is 23.6 Å². The number of thioether (sulfide) groups is 1. The van der Waals surface area contributed by atoms with Crippen molar-refractivity contribution in [2.24, 2.45) is 5.92 Å². The van der Waals surface area contributed by atoms with E-state index in [0.29, 0.717) is 11.1 Å². The third-order valence-electron chi connectivity index (χ3n) is 3.66. The fraction of sp³-hybridized carbons (Fsp3) is 0.438. The molecule has 120 valence electrons. The maximum absolute atomic E-state index is 11.5. The van der Waals surface area contributed by atoms with Crippen LogP contribution in [0, 0.1) is 18.3 Å². The zero-order valence-electron chi connectivity index (χ0n) is 12.8. The molecule has 0 bridgehead atoms. The molecule has 7 heteroatoms. The Morgan fingerprint density at radius 1 is 1.61 bits per heavy atom. The first kappa shape index (κ1) is 16.1. The molecule has 2 heterocycles. The van der Waals surface area contributed by atoms with Gasteiger partial charge in [0.2, 0.25) is 5.91 Å². The van der Waals surface area contributed by atoms with Crippen molar-refractivity contribution in [2.75, 3.05) is 12.3 Å². The van der Waals surface area contributed by atoms with Crippen molar-refractivity contribution in [1.29, 1.82) is 0 Å². The molecule has 1 aliphatic carbocycles. The number of amides is 1. The molecule has 2 aromatic heterocycles. The Kier molecular flexibility index (Phi) is 5.03. The van der Waals surface area contributed by atoms with Gasteiger partial charge in [-0.05, 0) is 36.8 Å². The Morgan fingerprint density at radius 2 is 2.48 bits per heavy atom. The second-order valence-electron chi connectivity index (χ2n) is 5.55. The van der Waals surface area contributed by atoms with Crippen LogP contribution in [-0.4, -0.2) is 28.4 Å². The van der Waals surface area contributed by atoms with Crippen LogP contribution in [-0.2, 0) is 17.6 Å². The van der Waals surface area contributed by atoms with Gasteiger partial charge in [-0.25, -0.2) is 0 Å². The predicted octanol–water partition coefficient (Wildman–Crippen LogP) is 2.76. The van der Waals surface area contributed by atoms with Crippen LogP contribution in [0.1, 0.15) is 23.8 Å². The number of hydrogen-bond donors (Lipinski definition) is 1. The summed E-state index contributed by atoms with van der Waals surface area (Å²) in [7, 11) is 0. The fourth-order valence-corrected chi connectivity index (χ4v) is 4.23. The minimum atomic E-state index is -0.145. The summed E-state index contributed by atoms with van der Waals surface area (Å²) in [5.74, 6) is 3.69. The fourth-order valence-electron chi connectivity index (χ4n) is 2.51. The van der Waals surface area contributed by atoms with E-state index < -0.39 is 0 Å². The minimum Gasteiger partial charge on any atom is -0.410 e. The van der Waals surface area contributed by atoms with Gasteiger partial charge in [0.05, 0.1) is 17.2 Å². The molecular formula is C16H17N3O2S2. The average molecular weight is 347 g/mol. The highest BCUT2D eigenvalue weighted by atomic mass is 32.2. The number of aromatic nitrogens is 2. The average Bonchev–Trinajstić information content (AvgIpc) is 3.16. The standard InChI is InChI=1S/C16H17N3O2S2/c1-3-6-17-14(20)9-22-16-19-18-15(21-16)13-8-11-7-10(2)4-5-12(11)23-13/h1,8,10H,4-7,9H2,2H3,(H,17,20)/t10-/m1/s1. The molecule has 0 unspecified atom stereocenters. The Bertz CT molecular complexity index is 745. The third-order valence-corrected chi connectivity index (χ3v) is 5.70. The molecule has 0 aromatic carbocycles. The Hall–Kier alpha value is -1.78. The molecule has 1 amide bonds. The maximum Gasteiger partial charge on any atom is 0.277 e. The highest BCUT2D eigenvalue weighted by Gasteiger charge is 2.21. The first-order valence-electron chi connectivity index (χ1n) is 7.44. The molecule has 0 spiro atoms. The van der Waals surface area contributed by atoms with Gasteiger partial charge in [0.15, 0.2) is 0 Å². The molecule has 0 fully saturated rings. The van der Waals surface area contributed by atoms with Gasteiger partial charge in [-0.3, -0.25) is 4.79 Å². The first-order valence-corrected chi connectivity index (χ1v) is 9.24. The molecule has 1 aliphatic rings. The lowest BCUT2D eigenvalue weighted by Crippen LogP contribution is -2.25. The van der Waals surface area contributed by atoms with Crippen molar-refractivity contribution in [3.8, 4) is 23.1 Å². The summed E-state index contributed by atoms with van der Waals surface area (Å²) in [6.45, 7) is 2.51. The van der Waals surface area contributed by atoms with E-state index in [1.807, 2.05) is 0 Å². The minimum absolute atomic E-state index is 0.145. The van der Waals surface area contributed by atoms with E-state index >= 15 is 0 Å². The smallest absolute Gasteiger partial charge is 0.277 e. The van der Waals surface area contributed by atoms with Crippen molar-refractivity contribution in [2.45, 2.75) is 31.4 Å². The Labute approximate surface area is 143 Å². The lowest BCUT2D eigenvalue weighted by Gasteiger charge is -2.16. The summed E-state index contributed by atoms with van der Waals surface area (Å²) in [6, 6.07) is 2.16. The molecule has 1 atom stereocenters. The van der Waals surface area contributed by atoms with Gasteiger partial charge >= 0.3 is 0 Å². The molecule has 1 N–H and O–H groups in total. The van der Waals surface area contributed by atoms with Crippen LogP contribution in [0.5, 0.6) is 0 Å². The molecule has 0 saturated carbocycles. The molecule has 23 heavy (non-hydrogen) atoms. The van der Waals surface area contributed by atoms with Crippen LogP contribution in [0.15, 0.2) is 15.7 Å². The predicted molar refractivity (Wildman–Crippen MR) is 91.4 cm³/mol. The largest absolute Gasteiger partial charge is 0.410 e. The summed E-state index contributed by atoms with van der Waals surface area (Å²) < 4.78 is 5.66. The number of rotatable bonds is 5. The monoisotopic (exact) mass is 347 g/mol. The van der Waals surface area contributed by atoms with E-state index in [4.69, 9.17) is 10.8 Å². The van der Waals surface area contributed by atoms with Gasteiger partial charge in [0, 0.05) is 4.88 Å². The summed E-state index contributed by atoms with van der Waals surface area (Å²) in [5.41, 5.74) is 1.41. The number of thiophene rings is 1. The van der Waals surface area contributed by atoms with Crippen LogP contribution < -0.4 is 5.32 Å². The third kappa shape index (κ3) is 3.95. The second-order valence-corrected chi connectivity index (χ2v) is 7.61. The van der Waals surface area contributed by atoms with Gasteiger partial charge < -0.3 is 9.73 Å². The van der Waals surface area contributed by atoms with Crippen LogP contribution >= 0.6 is 23.1 Å². The molecule has 0 saturated heterocycles. The second kappa shape index (κ2) is 7.20. The zero-order chi connectivity index (χ0) is 16.2. The van der Waals surface area contributed by atoms with Crippen molar-refractivity contribution < 1.29 is 9.21 Å². The number of aryl methyl sites for hydroxylation is 1. The lowest BCUT2D eigenvalue weighted by molar-refractivity contribution is -0.118. The number of terminal acetylenes is 1. The van der Waals surface area contributed by atoms with E-state index in [1.165, 1.54) is 28.6 Å². The van der Waals surface area contributed by atoms with Crippen LogP contribution in [0.2, 0.25) is 0 Å². The number of carbonyl (C=O) groups excluding carboxylic acids is 1. The van der Waals surface area contributed by atoms with Gasteiger partial charge in [-0.1, -0.05) is 24.6 Å². The van der Waals surface area contributed by atoms with Crippen molar-refractivity contribution in [1.82, 2.24) is 15.5 Å². The van der Waals surface area contributed by atoms with Crippen molar-refractivity contribution in [3.63, 3.8) is 0 Å². The number of hydrogen-bond acceptors (Lipinski definition) is 6. The van der Waals surface area contributed by atoms with E-state index in [2.05, 4.69) is 34.4 Å². The van der Waals surface area contributed by atoms with Gasteiger partial charge in [0.1, 0.15) is 0 Å². The van der Waals surface area contributed by atoms with E-state index in [1.54, 1.807) is 11.3 Å². The van der Waals surface area contributed by atoms with Gasteiger partial charge in [-0.2, -0.15) is 0 Å². The maximum atomic E-state index is 11.5. The highest BCUT2D eigenvalue weighted by molar-refractivity contribution is 7.99. The SMILES string of the molecule is C#CCNC(=O)CSc1nnc(-c2cc3c(s2)CC[C@@H](C)C3)o1. The van der Waals surface area contributed by atoms with E-state index in [9.17, 15) is 4.79 Å². The summed E-state index contributed by atoms with van der Waals surface area (Å²) >= 11 is 2.95. The normalized spacial score (nSPS) is 16.6. The van der Waals surface area contributed by atoms with Crippen molar-refractivity contribution in [3.05, 3.63) is 16.5 Å². The molecule has 2 aromatic rings. The van der Waals surface area contributed by atoms with Crippen molar-refractivity contribution >= 4 is 29.0 Å². The van der Waals surface area contributed by atoms with Crippen LogP contribution in [0.4, 0.5) is 0 Å². The first-order chi connectivity index (χ1) is 11.2. The summed E-state index contributed by atoms with van der Waals surface area (Å²) in [6.07, 6.45) is 8.58. The quantitative estimate of drug-likeness (QED) is 0.665. The molecule has 3 rings (SSSR count). The molecular weight excluding hydrogens is 330 g/mol. The number of nitrogens with one attached hydrogen (secondary N) is 1. The highest BCUT2D eigenvalue weighted by Crippen LogP contribution is 2.37. The molecule has 0 aliphatic heterocycles. The number of fused-ring (bicyclic) bond motifs is 1.